The number of fused-ring (bicyclic) bond motifs is 1. The summed E-state index contributed by atoms with van der Waals surface area (Å²) in [7, 11) is 0. The van der Waals surface area contributed by atoms with Crippen molar-refractivity contribution in [3.63, 3.8) is 0 Å². The van der Waals surface area contributed by atoms with Crippen LogP contribution in [0.3, 0.4) is 0 Å². The number of ether oxygens (including phenoxy) is 1. The van der Waals surface area contributed by atoms with Crippen LogP contribution in [0.4, 0.5) is 0 Å². The predicted octanol–water partition coefficient (Wildman–Crippen LogP) is 4.09. The van der Waals surface area contributed by atoms with Crippen LogP contribution in [-0.2, 0) is 13.2 Å². The number of furan rings is 1. The van der Waals surface area contributed by atoms with Crippen molar-refractivity contribution in [3.8, 4) is 5.75 Å². The first-order chi connectivity index (χ1) is 10.2. The van der Waals surface area contributed by atoms with Gasteiger partial charge in [0.15, 0.2) is 0 Å². The molecule has 0 saturated heterocycles. The van der Waals surface area contributed by atoms with Crippen LogP contribution in [0, 0.1) is 13.8 Å². The summed E-state index contributed by atoms with van der Waals surface area (Å²) in [6.45, 7) is 4.95. The van der Waals surface area contributed by atoms with Crippen molar-refractivity contribution in [2.24, 2.45) is 5.73 Å². The second-order valence-corrected chi connectivity index (χ2v) is 5.26. The van der Waals surface area contributed by atoms with Crippen molar-refractivity contribution in [1.82, 2.24) is 0 Å². The van der Waals surface area contributed by atoms with Gasteiger partial charge in [0.1, 0.15) is 23.7 Å². The molecular formula is C18H19NO2. The van der Waals surface area contributed by atoms with Crippen molar-refractivity contribution in [3.05, 3.63) is 64.9 Å². The third-order valence-electron chi connectivity index (χ3n) is 3.68. The molecule has 0 saturated carbocycles. The number of benzene rings is 2. The van der Waals surface area contributed by atoms with Gasteiger partial charge in [0, 0.05) is 10.9 Å². The van der Waals surface area contributed by atoms with E-state index in [-0.39, 0.29) is 0 Å². The van der Waals surface area contributed by atoms with Gasteiger partial charge in [-0.2, -0.15) is 0 Å². The van der Waals surface area contributed by atoms with Crippen LogP contribution in [0.1, 0.15) is 22.5 Å². The maximum absolute atomic E-state index is 6.00. The van der Waals surface area contributed by atoms with Gasteiger partial charge >= 0.3 is 0 Å². The predicted molar refractivity (Wildman–Crippen MR) is 84.4 cm³/mol. The fourth-order valence-corrected chi connectivity index (χ4v) is 2.49. The lowest BCUT2D eigenvalue weighted by molar-refractivity contribution is 0.301. The summed E-state index contributed by atoms with van der Waals surface area (Å²) in [5.74, 6) is 1.70. The molecule has 0 aliphatic heterocycles. The molecule has 0 fully saturated rings. The van der Waals surface area contributed by atoms with Crippen molar-refractivity contribution < 1.29 is 9.15 Å². The molecule has 0 amide bonds. The monoisotopic (exact) mass is 281 g/mol. The Bertz CT molecular complexity index is 774. The Morgan fingerprint density at radius 3 is 2.71 bits per heavy atom. The molecule has 0 bridgehead atoms. The average molecular weight is 281 g/mol. The molecule has 0 atom stereocenters. The number of nitrogens with two attached hydrogens (primary N) is 1. The van der Waals surface area contributed by atoms with Gasteiger partial charge in [0.2, 0.25) is 0 Å². The van der Waals surface area contributed by atoms with E-state index in [0.29, 0.717) is 13.2 Å². The Kier molecular flexibility index (Phi) is 3.67. The molecule has 0 aliphatic rings. The first-order valence-electron chi connectivity index (χ1n) is 7.08. The van der Waals surface area contributed by atoms with E-state index in [1.165, 1.54) is 5.56 Å². The minimum absolute atomic E-state index is 0.375. The van der Waals surface area contributed by atoms with Crippen molar-refractivity contribution >= 4 is 11.0 Å². The van der Waals surface area contributed by atoms with Crippen LogP contribution in [0.5, 0.6) is 5.75 Å². The molecule has 2 N–H and O–H groups in total. The van der Waals surface area contributed by atoms with Crippen LogP contribution in [-0.4, -0.2) is 0 Å². The minimum atomic E-state index is 0.375. The first kappa shape index (κ1) is 13.7. The normalized spacial score (nSPS) is 11.0. The minimum Gasteiger partial charge on any atom is -0.488 e. The highest BCUT2D eigenvalue weighted by Gasteiger charge is 2.13. The standard InChI is InChI=1S/C18H19NO2/c1-12-7-8-13(2)17(9-12)20-11-15-14-5-3-4-6-16(14)21-18(15)10-19/h3-9H,10-11,19H2,1-2H3. The zero-order valence-corrected chi connectivity index (χ0v) is 12.3. The number of aryl methyl sites for hydroxylation is 2. The van der Waals surface area contributed by atoms with E-state index < -0.39 is 0 Å². The second kappa shape index (κ2) is 5.62. The number of hydrogen-bond donors (Lipinski definition) is 1. The number of hydrogen-bond acceptors (Lipinski definition) is 3. The molecule has 2 aromatic carbocycles. The number of para-hydroxylation sites is 1. The van der Waals surface area contributed by atoms with Crippen LogP contribution < -0.4 is 10.5 Å². The topological polar surface area (TPSA) is 48.4 Å². The molecule has 3 heteroatoms. The molecule has 3 nitrogen and oxygen atoms in total. The van der Waals surface area contributed by atoms with E-state index in [4.69, 9.17) is 14.9 Å². The largest absolute Gasteiger partial charge is 0.488 e. The summed E-state index contributed by atoms with van der Waals surface area (Å²) in [5, 5.41) is 1.07. The molecule has 21 heavy (non-hydrogen) atoms. The van der Waals surface area contributed by atoms with Crippen molar-refractivity contribution in [1.29, 1.82) is 0 Å². The van der Waals surface area contributed by atoms with E-state index >= 15 is 0 Å². The summed E-state index contributed by atoms with van der Waals surface area (Å²) in [5.41, 5.74) is 10.00. The molecule has 3 aromatic rings. The van der Waals surface area contributed by atoms with Gasteiger partial charge in [-0.1, -0.05) is 30.3 Å². The zero-order valence-electron chi connectivity index (χ0n) is 12.3. The smallest absolute Gasteiger partial charge is 0.134 e. The Morgan fingerprint density at radius 1 is 1.10 bits per heavy atom. The highest BCUT2D eigenvalue weighted by molar-refractivity contribution is 5.82. The van der Waals surface area contributed by atoms with Gasteiger partial charge in [-0.3, -0.25) is 0 Å². The fourth-order valence-electron chi connectivity index (χ4n) is 2.49. The summed E-state index contributed by atoms with van der Waals surface area (Å²) < 4.78 is 11.8. The summed E-state index contributed by atoms with van der Waals surface area (Å²) >= 11 is 0. The molecule has 0 unspecified atom stereocenters. The maximum Gasteiger partial charge on any atom is 0.134 e. The third kappa shape index (κ3) is 2.65. The van der Waals surface area contributed by atoms with E-state index in [1.54, 1.807) is 0 Å². The molecule has 0 aliphatic carbocycles. The van der Waals surface area contributed by atoms with Gasteiger partial charge in [-0.15, -0.1) is 0 Å². The van der Waals surface area contributed by atoms with Gasteiger partial charge in [-0.25, -0.2) is 0 Å². The lowest BCUT2D eigenvalue weighted by Gasteiger charge is -2.10. The maximum atomic E-state index is 6.00. The molecular weight excluding hydrogens is 262 g/mol. The average Bonchev–Trinajstić information content (AvgIpc) is 2.86. The molecule has 0 radical (unpaired) electrons. The lowest BCUT2D eigenvalue weighted by Crippen LogP contribution is -2.03. The van der Waals surface area contributed by atoms with Crippen LogP contribution >= 0.6 is 0 Å². The van der Waals surface area contributed by atoms with E-state index in [9.17, 15) is 0 Å². The summed E-state index contributed by atoms with van der Waals surface area (Å²) in [6, 6.07) is 14.2. The van der Waals surface area contributed by atoms with Gasteiger partial charge in [-0.05, 0) is 37.1 Å². The lowest BCUT2D eigenvalue weighted by atomic mass is 10.1. The quantitative estimate of drug-likeness (QED) is 0.783. The first-order valence-corrected chi connectivity index (χ1v) is 7.08. The zero-order chi connectivity index (χ0) is 14.8. The fraction of sp³-hybridized carbons (Fsp3) is 0.222. The Labute approximate surface area is 124 Å². The highest BCUT2D eigenvalue weighted by Crippen LogP contribution is 2.28. The molecule has 1 aromatic heterocycles. The van der Waals surface area contributed by atoms with Crippen LogP contribution in [0.25, 0.3) is 11.0 Å². The molecule has 3 rings (SSSR count). The van der Waals surface area contributed by atoms with E-state index in [1.807, 2.05) is 31.2 Å². The Balaban J connectivity index is 1.93. The van der Waals surface area contributed by atoms with Crippen molar-refractivity contribution in [2.45, 2.75) is 27.0 Å². The molecule has 1 heterocycles. The highest BCUT2D eigenvalue weighted by atomic mass is 16.5. The number of rotatable bonds is 4. The second-order valence-electron chi connectivity index (χ2n) is 5.26. The van der Waals surface area contributed by atoms with Gasteiger partial charge in [0.05, 0.1) is 6.54 Å². The molecule has 108 valence electrons. The Hall–Kier alpha value is -2.26. The molecule has 0 spiro atoms. The van der Waals surface area contributed by atoms with Crippen LogP contribution in [0.15, 0.2) is 46.9 Å². The van der Waals surface area contributed by atoms with Gasteiger partial charge < -0.3 is 14.9 Å². The van der Waals surface area contributed by atoms with E-state index in [0.717, 1.165) is 33.6 Å². The van der Waals surface area contributed by atoms with Crippen molar-refractivity contribution in [2.75, 3.05) is 0 Å². The SMILES string of the molecule is Cc1ccc(C)c(OCc2c(CN)oc3ccccc23)c1. The summed E-state index contributed by atoms with van der Waals surface area (Å²) in [4.78, 5) is 0. The Morgan fingerprint density at radius 2 is 1.90 bits per heavy atom. The van der Waals surface area contributed by atoms with E-state index in [2.05, 4.69) is 25.1 Å². The van der Waals surface area contributed by atoms with Gasteiger partial charge in [0.25, 0.3) is 0 Å². The summed E-state index contributed by atoms with van der Waals surface area (Å²) in [6.07, 6.45) is 0. The third-order valence-corrected chi connectivity index (χ3v) is 3.68. The van der Waals surface area contributed by atoms with Crippen LogP contribution in [0.2, 0.25) is 0 Å².